The second-order valence-electron chi connectivity index (χ2n) is 5.66. The van der Waals surface area contributed by atoms with E-state index in [-0.39, 0.29) is 18.3 Å². The van der Waals surface area contributed by atoms with Crippen LogP contribution in [-0.2, 0) is 4.79 Å². The summed E-state index contributed by atoms with van der Waals surface area (Å²) in [5.74, 6) is -0.445. The lowest BCUT2D eigenvalue weighted by Gasteiger charge is -2.11. The van der Waals surface area contributed by atoms with Crippen molar-refractivity contribution in [3.63, 3.8) is 0 Å². The van der Waals surface area contributed by atoms with Gasteiger partial charge in [0.1, 0.15) is 0 Å². The number of anilines is 1. The van der Waals surface area contributed by atoms with Crippen molar-refractivity contribution in [2.24, 2.45) is 0 Å². The lowest BCUT2D eigenvalue weighted by Crippen LogP contribution is -2.21. The first kappa shape index (κ1) is 15.5. The number of halogens is 1. The first-order valence-corrected chi connectivity index (χ1v) is 7.56. The zero-order valence-corrected chi connectivity index (χ0v) is 12.9. The Labute approximate surface area is 133 Å². The fourth-order valence-electron chi connectivity index (χ4n) is 2.66. The summed E-state index contributed by atoms with van der Waals surface area (Å²) in [5.41, 5.74) is 2.43. The third kappa shape index (κ3) is 3.68. The average molecular weight is 318 g/mol. The summed E-state index contributed by atoms with van der Waals surface area (Å²) in [5, 5.41) is 13.0. The molecule has 23 heavy (non-hydrogen) atoms. The van der Waals surface area contributed by atoms with E-state index in [4.69, 9.17) is 4.74 Å². The van der Waals surface area contributed by atoms with Crippen LogP contribution in [0.2, 0.25) is 0 Å². The Kier molecular flexibility index (Phi) is 4.57. The standard InChI is InChI=1S/C16H19FN4O2/c1-10-2-3-12(17)14(6-10)23-9-15(22)20-13-8-19-21-16(13)11-4-5-18-7-11/h2-3,6,8,11,18H,4-5,7,9H2,1H3,(H,19,21)(H,20,22). The molecule has 1 aromatic carbocycles. The molecule has 6 nitrogen and oxygen atoms in total. The van der Waals surface area contributed by atoms with Crippen LogP contribution in [0.5, 0.6) is 5.75 Å². The van der Waals surface area contributed by atoms with Crippen LogP contribution in [0.25, 0.3) is 0 Å². The number of hydrogen-bond acceptors (Lipinski definition) is 4. The molecule has 122 valence electrons. The summed E-state index contributed by atoms with van der Waals surface area (Å²) >= 11 is 0. The molecule has 1 amide bonds. The van der Waals surface area contributed by atoms with Crippen molar-refractivity contribution >= 4 is 11.6 Å². The summed E-state index contributed by atoms with van der Waals surface area (Å²) in [4.78, 5) is 12.0. The monoisotopic (exact) mass is 318 g/mol. The molecule has 0 aliphatic carbocycles. The average Bonchev–Trinajstić information content (AvgIpc) is 3.19. The molecule has 1 aliphatic heterocycles. The molecule has 0 spiro atoms. The topological polar surface area (TPSA) is 79.0 Å². The minimum Gasteiger partial charge on any atom is -0.481 e. The molecule has 1 fully saturated rings. The highest BCUT2D eigenvalue weighted by Crippen LogP contribution is 2.26. The molecule has 2 heterocycles. The van der Waals surface area contributed by atoms with Gasteiger partial charge in [0.15, 0.2) is 18.2 Å². The largest absolute Gasteiger partial charge is 0.481 e. The van der Waals surface area contributed by atoms with Crippen molar-refractivity contribution in [1.29, 1.82) is 0 Å². The molecule has 0 saturated carbocycles. The number of rotatable bonds is 5. The van der Waals surface area contributed by atoms with Gasteiger partial charge in [-0.3, -0.25) is 9.89 Å². The van der Waals surface area contributed by atoms with E-state index in [1.54, 1.807) is 18.3 Å². The van der Waals surface area contributed by atoms with Gasteiger partial charge in [0.05, 0.1) is 17.6 Å². The van der Waals surface area contributed by atoms with E-state index in [2.05, 4.69) is 20.8 Å². The number of aromatic amines is 1. The lowest BCUT2D eigenvalue weighted by molar-refractivity contribution is -0.118. The summed E-state index contributed by atoms with van der Waals surface area (Å²) < 4.78 is 18.9. The Balaban J connectivity index is 1.59. The van der Waals surface area contributed by atoms with Gasteiger partial charge in [0, 0.05) is 12.5 Å². The Morgan fingerprint density at radius 2 is 2.39 bits per heavy atom. The Morgan fingerprint density at radius 3 is 3.17 bits per heavy atom. The van der Waals surface area contributed by atoms with E-state index in [1.165, 1.54) is 6.07 Å². The highest BCUT2D eigenvalue weighted by molar-refractivity contribution is 5.92. The number of nitrogens with zero attached hydrogens (tertiary/aromatic N) is 1. The van der Waals surface area contributed by atoms with Crippen LogP contribution in [-0.4, -0.2) is 35.8 Å². The molecule has 1 aromatic heterocycles. The predicted octanol–water partition coefficient (Wildman–Crippen LogP) is 1.95. The quantitative estimate of drug-likeness (QED) is 0.787. The number of hydrogen-bond donors (Lipinski definition) is 3. The second kappa shape index (κ2) is 6.78. The summed E-state index contributed by atoms with van der Waals surface area (Å²) in [6, 6.07) is 4.54. The number of nitrogens with one attached hydrogen (secondary N) is 3. The summed E-state index contributed by atoms with van der Waals surface area (Å²) in [6.07, 6.45) is 2.58. The van der Waals surface area contributed by atoms with Crippen LogP contribution in [0.3, 0.4) is 0 Å². The number of H-pyrrole nitrogens is 1. The Hall–Kier alpha value is -2.41. The fourth-order valence-corrected chi connectivity index (χ4v) is 2.66. The van der Waals surface area contributed by atoms with Crippen molar-refractivity contribution in [3.05, 3.63) is 41.5 Å². The van der Waals surface area contributed by atoms with Crippen molar-refractivity contribution in [2.45, 2.75) is 19.3 Å². The molecule has 0 bridgehead atoms. The van der Waals surface area contributed by atoms with Crippen LogP contribution in [0, 0.1) is 12.7 Å². The zero-order valence-electron chi connectivity index (χ0n) is 12.9. The molecule has 2 aromatic rings. The van der Waals surface area contributed by atoms with Gasteiger partial charge in [-0.25, -0.2) is 4.39 Å². The number of aromatic nitrogens is 2. The maximum Gasteiger partial charge on any atom is 0.262 e. The Bertz CT molecular complexity index is 695. The van der Waals surface area contributed by atoms with E-state index < -0.39 is 5.82 Å². The first-order chi connectivity index (χ1) is 11.1. The first-order valence-electron chi connectivity index (χ1n) is 7.56. The van der Waals surface area contributed by atoms with Gasteiger partial charge in [-0.2, -0.15) is 5.10 Å². The molecule has 1 aliphatic rings. The summed E-state index contributed by atoms with van der Waals surface area (Å²) in [7, 11) is 0. The van der Waals surface area contributed by atoms with Crippen molar-refractivity contribution in [1.82, 2.24) is 15.5 Å². The number of benzene rings is 1. The maximum atomic E-state index is 13.6. The minimum absolute atomic E-state index is 0.0764. The van der Waals surface area contributed by atoms with Gasteiger partial charge < -0.3 is 15.4 Å². The molecule has 0 radical (unpaired) electrons. The maximum absolute atomic E-state index is 13.6. The van der Waals surface area contributed by atoms with Gasteiger partial charge in [-0.15, -0.1) is 0 Å². The molecular formula is C16H19FN4O2. The van der Waals surface area contributed by atoms with Crippen LogP contribution in [0.1, 0.15) is 23.6 Å². The number of carbonyl (C=O) groups is 1. The highest BCUT2D eigenvalue weighted by Gasteiger charge is 2.22. The van der Waals surface area contributed by atoms with Crippen molar-refractivity contribution in [3.8, 4) is 5.75 Å². The smallest absolute Gasteiger partial charge is 0.262 e. The van der Waals surface area contributed by atoms with E-state index in [0.717, 1.165) is 30.8 Å². The number of ether oxygens (including phenoxy) is 1. The van der Waals surface area contributed by atoms with Crippen LogP contribution in [0.15, 0.2) is 24.4 Å². The number of carbonyl (C=O) groups excluding carboxylic acids is 1. The van der Waals surface area contributed by atoms with E-state index >= 15 is 0 Å². The molecule has 7 heteroatoms. The molecule has 1 atom stereocenters. The lowest BCUT2D eigenvalue weighted by atomic mass is 10.0. The molecule has 1 unspecified atom stereocenters. The highest BCUT2D eigenvalue weighted by atomic mass is 19.1. The molecule has 3 N–H and O–H groups in total. The zero-order chi connectivity index (χ0) is 16.2. The van der Waals surface area contributed by atoms with Gasteiger partial charge in [0.25, 0.3) is 5.91 Å². The van der Waals surface area contributed by atoms with Crippen molar-refractivity contribution < 1.29 is 13.9 Å². The van der Waals surface area contributed by atoms with Crippen LogP contribution in [0.4, 0.5) is 10.1 Å². The van der Waals surface area contributed by atoms with Gasteiger partial charge >= 0.3 is 0 Å². The second-order valence-corrected chi connectivity index (χ2v) is 5.66. The predicted molar refractivity (Wildman–Crippen MR) is 84.1 cm³/mol. The molecular weight excluding hydrogens is 299 g/mol. The SMILES string of the molecule is Cc1ccc(F)c(OCC(=O)Nc2cn[nH]c2C2CCNC2)c1. The minimum atomic E-state index is -0.482. The number of aryl methyl sites for hydroxylation is 1. The van der Waals surface area contributed by atoms with Crippen LogP contribution < -0.4 is 15.4 Å². The molecule has 1 saturated heterocycles. The van der Waals surface area contributed by atoms with Gasteiger partial charge in [0.2, 0.25) is 0 Å². The third-order valence-electron chi connectivity index (χ3n) is 3.86. The third-order valence-corrected chi connectivity index (χ3v) is 3.86. The number of amides is 1. The van der Waals surface area contributed by atoms with Crippen molar-refractivity contribution in [2.75, 3.05) is 25.0 Å². The Morgan fingerprint density at radius 1 is 1.52 bits per heavy atom. The normalized spacial score (nSPS) is 17.2. The van der Waals surface area contributed by atoms with E-state index in [0.29, 0.717) is 11.6 Å². The van der Waals surface area contributed by atoms with E-state index in [9.17, 15) is 9.18 Å². The van der Waals surface area contributed by atoms with Crippen LogP contribution >= 0.6 is 0 Å². The molecule has 3 rings (SSSR count). The fraction of sp³-hybridized carbons (Fsp3) is 0.375. The van der Waals surface area contributed by atoms with E-state index in [1.807, 2.05) is 6.92 Å². The van der Waals surface area contributed by atoms with Gasteiger partial charge in [-0.1, -0.05) is 6.07 Å². The summed E-state index contributed by atoms with van der Waals surface area (Å²) in [6.45, 7) is 3.39. The van der Waals surface area contributed by atoms with Gasteiger partial charge in [-0.05, 0) is 37.6 Å².